The van der Waals surface area contributed by atoms with Crippen molar-refractivity contribution < 1.29 is 19.7 Å². The smallest absolute Gasteiger partial charge is 0.198 e. The van der Waals surface area contributed by atoms with Crippen molar-refractivity contribution >= 4 is 0 Å². The van der Waals surface area contributed by atoms with Gasteiger partial charge in [-0.25, -0.2) is 0 Å². The fourth-order valence-electron chi connectivity index (χ4n) is 4.06. The minimum atomic E-state index is -0.928. The van der Waals surface area contributed by atoms with E-state index in [0.29, 0.717) is 19.4 Å². The molecule has 26 heavy (non-hydrogen) atoms. The van der Waals surface area contributed by atoms with Crippen LogP contribution in [0, 0.1) is 0 Å². The zero-order valence-electron chi connectivity index (χ0n) is 15.1. The standard InChI is InChI=1S/C22H26O4/c1-2-15-3-5-16(6-4-15)9-17-7-8-18-14-25-22(21(18)10-17)12-19(24)11-20(13-23)26-22/h3-8,10,19-20,23-24H,2,9,11-14H2,1H3/t19?,20-,22+/m0/s1. The Morgan fingerprint density at radius 2 is 1.81 bits per heavy atom. The summed E-state index contributed by atoms with van der Waals surface area (Å²) in [5.41, 5.74) is 5.91. The van der Waals surface area contributed by atoms with E-state index in [1.165, 1.54) is 16.7 Å². The number of aliphatic hydroxyl groups excluding tert-OH is 2. The van der Waals surface area contributed by atoms with E-state index in [9.17, 15) is 10.2 Å². The van der Waals surface area contributed by atoms with E-state index in [4.69, 9.17) is 9.47 Å². The van der Waals surface area contributed by atoms with Gasteiger partial charge in [0, 0.05) is 18.4 Å². The predicted octanol–water partition coefficient (Wildman–Crippen LogP) is 3.06. The van der Waals surface area contributed by atoms with Crippen molar-refractivity contribution in [1.82, 2.24) is 0 Å². The Morgan fingerprint density at radius 1 is 1.08 bits per heavy atom. The summed E-state index contributed by atoms with van der Waals surface area (Å²) < 4.78 is 12.1. The highest BCUT2D eigenvalue weighted by Crippen LogP contribution is 2.45. The predicted molar refractivity (Wildman–Crippen MR) is 98.7 cm³/mol. The number of aryl methyl sites for hydroxylation is 1. The van der Waals surface area contributed by atoms with Gasteiger partial charge in [0.15, 0.2) is 5.79 Å². The normalized spacial score (nSPS) is 27.7. The van der Waals surface area contributed by atoms with Crippen LogP contribution < -0.4 is 0 Å². The van der Waals surface area contributed by atoms with E-state index in [1.54, 1.807) is 0 Å². The van der Waals surface area contributed by atoms with Crippen LogP contribution in [-0.2, 0) is 34.7 Å². The second kappa shape index (κ2) is 7.12. The van der Waals surface area contributed by atoms with Gasteiger partial charge in [0.25, 0.3) is 0 Å². The van der Waals surface area contributed by atoms with Gasteiger partial charge in [0.05, 0.1) is 25.4 Å². The second-order valence-electron chi connectivity index (χ2n) is 7.40. The van der Waals surface area contributed by atoms with E-state index >= 15 is 0 Å². The van der Waals surface area contributed by atoms with Gasteiger partial charge in [0.2, 0.25) is 0 Å². The molecule has 0 aromatic heterocycles. The highest BCUT2D eigenvalue weighted by atomic mass is 16.7. The first-order chi connectivity index (χ1) is 12.6. The molecule has 2 heterocycles. The van der Waals surface area contributed by atoms with Crippen molar-refractivity contribution in [1.29, 1.82) is 0 Å². The average molecular weight is 354 g/mol. The molecule has 1 spiro atoms. The molecule has 3 atom stereocenters. The first-order valence-electron chi connectivity index (χ1n) is 9.42. The summed E-state index contributed by atoms with van der Waals surface area (Å²) in [4.78, 5) is 0. The van der Waals surface area contributed by atoms with E-state index in [-0.39, 0.29) is 6.61 Å². The molecule has 1 fully saturated rings. The zero-order valence-corrected chi connectivity index (χ0v) is 15.1. The molecule has 0 radical (unpaired) electrons. The summed E-state index contributed by atoms with van der Waals surface area (Å²) >= 11 is 0. The molecule has 2 aromatic rings. The molecule has 1 saturated heterocycles. The van der Waals surface area contributed by atoms with Crippen molar-refractivity contribution in [3.8, 4) is 0 Å². The second-order valence-corrected chi connectivity index (χ2v) is 7.40. The van der Waals surface area contributed by atoms with E-state index < -0.39 is 18.0 Å². The molecule has 138 valence electrons. The largest absolute Gasteiger partial charge is 0.394 e. The fourth-order valence-corrected chi connectivity index (χ4v) is 4.06. The van der Waals surface area contributed by atoms with Gasteiger partial charge in [-0.2, -0.15) is 0 Å². The van der Waals surface area contributed by atoms with Crippen molar-refractivity contribution in [3.05, 3.63) is 70.3 Å². The summed E-state index contributed by atoms with van der Waals surface area (Å²) in [7, 11) is 0. The molecule has 4 nitrogen and oxygen atoms in total. The summed E-state index contributed by atoms with van der Waals surface area (Å²) in [5, 5.41) is 19.7. The molecule has 2 N–H and O–H groups in total. The number of fused-ring (bicyclic) bond motifs is 2. The number of hydrogen-bond acceptors (Lipinski definition) is 4. The Hall–Kier alpha value is -1.72. The topological polar surface area (TPSA) is 58.9 Å². The van der Waals surface area contributed by atoms with Gasteiger partial charge in [0.1, 0.15) is 0 Å². The Bertz CT molecular complexity index is 770. The average Bonchev–Trinajstić information content (AvgIpc) is 2.99. The third kappa shape index (κ3) is 3.30. The van der Waals surface area contributed by atoms with Gasteiger partial charge in [-0.05, 0) is 41.2 Å². The first-order valence-corrected chi connectivity index (χ1v) is 9.42. The first kappa shape index (κ1) is 17.7. The molecular weight excluding hydrogens is 328 g/mol. The molecule has 2 aliphatic heterocycles. The third-order valence-electron chi connectivity index (χ3n) is 5.48. The summed E-state index contributed by atoms with van der Waals surface area (Å²) in [5.74, 6) is -0.928. The maximum absolute atomic E-state index is 10.2. The number of rotatable bonds is 4. The van der Waals surface area contributed by atoms with Crippen LogP contribution in [0.3, 0.4) is 0 Å². The van der Waals surface area contributed by atoms with Crippen molar-refractivity contribution in [2.24, 2.45) is 0 Å². The highest BCUT2D eigenvalue weighted by Gasteiger charge is 2.48. The lowest BCUT2D eigenvalue weighted by molar-refractivity contribution is -0.302. The molecule has 0 amide bonds. The molecule has 4 rings (SSSR count). The maximum Gasteiger partial charge on any atom is 0.198 e. The van der Waals surface area contributed by atoms with Gasteiger partial charge >= 0.3 is 0 Å². The molecule has 0 bridgehead atoms. The minimum Gasteiger partial charge on any atom is -0.394 e. The molecule has 2 aromatic carbocycles. The van der Waals surface area contributed by atoms with Gasteiger partial charge in [-0.3, -0.25) is 0 Å². The van der Waals surface area contributed by atoms with Crippen LogP contribution in [0.2, 0.25) is 0 Å². The van der Waals surface area contributed by atoms with Crippen molar-refractivity contribution in [2.45, 2.75) is 57.2 Å². The monoisotopic (exact) mass is 354 g/mol. The maximum atomic E-state index is 10.2. The molecule has 4 heteroatoms. The van der Waals surface area contributed by atoms with Crippen molar-refractivity contribution in [2.75, 3.05) is 6.61 Å². The SMILES string of the molecule is CCc1ccc(Cc2ccc3c(c2)[C@]2(CC(O)C[C@@H](CO)O2)OC3)cc1. The Morgan fingerprint density at radius 3 is 2.54 bits per heavy atom. The van der Waals surface area contributed by atoms with Crippen LogP contribution in [0.25, 0.3) is 0 Å². The quantitative estimate of drug-likeness (QED) is 0.886. The van der Waals surface area contributed by atoms with Crippen LogP contribution >= 0.6 is 0 Å². The number of hydrogen-bond donors (Lipinski definition) is 2. The number of aliphatic hydroxyl groups is 2. The number of benzene rings is 2. The minimum absolute atomic E-state index is 0.110. The summed E-state index contributed by atoms with van der Waals surface area (Å²) in [6.45, 7) is 2.53. The molecule has 0 saturated carbocycles. The van der Waals surface area contributed by atoms with E-state index in [2.05, 4.69) is 49.4 Å². The summed E-state index contributed by atoms with van der Waals surface area (Å²) in [6.07, 6.45) is 1.82. The van der Waals surface area contributed by atoms with Crippen LogP contribution in [0.1, 0.15) is 47.6 Å². The Labute approximate surface area is 154 Å². The number of ether oxygens (including phenoxy) is 2. The highest BCUT2D eigenvalue weighted by molar-refractivity contribution is 5.40. The Balaban J connectivity index is 1.61. The third-order valence-corrected chi connectivity index (χ3v) is 5.48. The van der Waals surface area contributed by atoms with Crippen LogP contribution in [0.15, 0.2) is 42.5 Å². The zero-order chi connectivity index (χ0) is 18.1. The van der Waals surface area contributed by atoms with Crippen LogP contribution in [0.4, 0.5) is 0 Å². The van der Waals surface area contributed by atoms with Crippen molar-refractivity contribution in [3.63, 3.8) is 0 Å². The lowest BCUT2D eigenvalue weighted by Crippen LogP contribution is -2.45. The van der Waals surface area contributed by atoms with Gasteiger partial charge in [-0.1, -0.05) is 43.3 Å². The van der Waals surface area contributed by atoms with E-state index in [0.717, 1.165) is 24.0 Å². The molecule has 0 aliphatic carbocycles. The van der Waals surface area contributed by atoms with Gasteiger partial charge < -0.3 is 19.7 Å². The lowest BCUT2D eigenvalue weighted by atomic mass is 9.90. The molecular formula is C22H26O4. The fraction of sp³-hybridized carbons (Fsp3) is 0.455. The molecule has 2 aliphatic rings. The summed E-state index contributed by atoms with van der Waals surface area (Å²) in [6, 6.07) is 15.1. The van der Waals surface area contributed by atoms with E-state index in [1.807, 2.05) is 0 Å². The lowest BCUT2D eigenvalue weighted by Gasteiger charge is -2.40. The van der Waals surface area contributed by atoms with Crippen LogP contribution in [0.5, 0.6) is 0 Å². The van der Waals surface area contributed by atoms with Gasteiger partial charge in [-0.15, -0.1) is 0 Å². The Kier molecular flexibility index (Phi) is 4.84. The molecule has 1 unspecified atom stereocenters. The van der Waals surface area contributed by atoms with Crippen LogP contribution in [-0.4, -0.2) is 29.0 Å².